The molecule has 0 aromatic carbocycles. The molecular weight excluding hydrogens is 332 g/mol. The van der Waals surface area contributed by atoms with Crippen molar-refractivity contribution in [3.8, 4) is 0 Å². The fourth-order valence-corrected chi connectivity index (χ4v) is 5.06. The predicted molar refractivity (Wildman–Crippen MR) is 87.4 cm³/mol. The monoisotopic (exact) mass is 354 g/mol. The Balaban J connectivity index is 1.72. The smallest absolute Gasteiger partial charge is 0.257 e. The fraction of sp³-hybridized carbons (Fsp3) is 0.667. The van der Waals surface area contributed by atoms with Crippen LogP contribution in [0.2, 0.25) is 0 Å². The first-order valence-electron chi connectivity index (χ1n) is 8.08. The lowest BCUT2D eigenvalue weighted by atomic mass is 10.2. The van der Waals surface area contributed by atoms with Gasteiger partial charge >= 0.3 is 0 Å². The maximum atomic E-state index is 12.7. The Hall–Kier alpha value is -1.90. The molecule has 0 spiro atoms. The molecule has 2 aliphatic heterocycles. The minimum absolute atomic E-state index is 0.0218. The van der Waals surface area contributed by atoms with Crippen LogP contribution >= 0.6 is 0 Å². The van der Waals surface area contributed by atoms with Gasteiger partial charge in [0.1, 0.15) is 0 Å². The molecule has 0 N–H and O–H groups in total. The number of aromatic nitrogens is 2. The zero-order valence-electron chi connectivity index (χ0n) is 13.9. The van der Waals surface area contributed by atoms with E-state index in [1.54, 1.807) is 21.4 Å². The van der Waals surface area contributed by atoms with Crippen LogP contribution in [0.5, 0.6) is 0 Å². The summed E-state index contributed by atoms with van der Waals surface area (Å²) >= 11 is 0. The number of carbonyl (C=O) groups excluding carboxylic acids is 2. The zero-order valence-corrected chi connectivity index (χ0v) is 14.8. The number of piperazine rings is 1. The summed E-state index contributed by atoms with van der Waals surface area (Å²) in [5, 5.41) is 4.26. The van der Waals surface area contributed by atoms with Crippen molar-refractivity contribution in [1.82, 2.24) is 19.6 Å². The molecule has 3 rings (SSSR count). The molecule has 24 heavy (non-hydrogen) atoms. The van der Waals surface area contributed by atoms with Crippen molar-refractivity contribution >= 4 is 21.7 Å². The van der Waals surface area contributed by atoms with Gasteiger partial charge in [0.15, 0.2) is 9.84 Å². The molecule has 2 amide bonds. The Morgan fingerprint density at radius 3 is 2.33 bits per heavy atom. The molecule has 2 saturated heterocycles. The van der Waals surface area contributed by atoms with E-state index in [4.69, 9.17) is 0 Å². The van der Waals surface area contributed by atoms with Crippen LogP contribution in [0.25, 0.3) is 0 Å². The molecule has 1 aromatic rings. The van der Waals surface area contributed by atoms with Gasteiger partial charge in [-0.25, -0.2) is 8.42 Å². The Morgan fingerprint density at radius 1 is 1.17 bits per heavy atom. The van der Waals surface area contributed by atoms with Gasteiger partial charge in [0.05, 0.1) is 29.3 Å². The molecule has 0 aliphatic carbocycles. The highest BCUT2D eigenvalue weighted by Gasteiger charge is 2.32. The SMILES string of the molecule is CC(=O)N1CCN(C(=O)c2cnn(C3CCS(=O)(=O)C3)c2C)CC1. The summed E-state index contributed by atoms with van der Waals surface area (Å²) in [5.41, 5.74) is 1.21. The summed E-state index contributed by atoms with van der Waals surface area (Å²) in [4.78, 5) is 27.5. The van der Waals surface area contributed by atoms with Crippen molar-refractivity contribution in [2.24, 2.45) is 0 Å². The van der Waals surface area contributed by atoms with E-state index in [2.05, 4.69) is 5.10 Å². The summed E-state index contributed by atoms with van der Waals surface area (Å²) < 4.78 is 25.0. The van der Waals surface area contributed by atoms with Gasteiger partial charge in [0, 0.05) is 38.8 Å². The number of hydrogen-bond acceptors (Lipinski definition) is 5. The highest BCUT2D eigenvalue weighted by atomic mass is 32.2. The molecule has 132 valence electrons. The molecule has 0 saturated carbocycles. The first-order valence-corrected chi connectivity index (χ1v) is 9.90. The molecular formula is C15H22N4O4S. The first kappa shape index (κ1) is 16.9. The topological polar surface area (TPSA) is 92.6 Å². The maximum absolute atomic E-state index is 12.7. The number of hydrogen-bond donors (Lipinski definition) is 0. The zero-order chi connectivity index (χ0) is 17.5. The summed E-state index contributed by atoms with van der Waals surface area (Å²) in [6.07, 6.45) is 2.07. The van der Waals surface area contributed by atoms with Gasteiger partial charge < -0.3 is 9.80 Å². The minimum Gasteiger partial charge on any atom is -0.339 e. The number of sulfone groups is 1. The van der Waals surface area contributed by atoms with E-state index in [-0.39, 0.29) is 29.4 Å². The Bertz CT molecular complexity index is 762. The number of amides is 2. The van der Waals surface area contributed by atoms with Crippen molar-refractivity contribution in [3.05, 3.63) is 17.5 Å². The van der Waals surface area contributed by atoms with Crippen LogP contribution in [-0.4, -0.2) is 77.5 Å². The van der Waals surface area contributed by atoms with Gasteiger partial charge in [-0.15, -0.1) is 0 Å². The second-order valence-electron chi connectivity index (χ2n) is 6.44. The van der Waals surface area contributed by atoms with E-state index >= 15 is 0 Å². The third-order valence-corrected chi connectivity index (χ3v) is 6.59. The van der Waals surface area contributed by atoms with Crippen molar-refractivity contribution < 1.29 is 18.0 Å². The maximum Gasteiger partial charge on any atom is 0.257 e. The third kappa shape index (κ3) is 3.17. The normalized spacial score (nSPS) is 23.5. The lowest BCUT2D eigenvalue weighted by Gasteiger charge is -2.34. The molecule has 3 heterocycles. The second kappa shape index (κ2) is 6.19. The number of carbonyl (C=O) groups is 2. The van der Waals surface area contributed by atoms with E-state index < -0.39 is 9.84 Å². The van der Waals surface area contributed by atoms with Gasteiger partial charge in [-0.1, -0.05) is 0 Å². The van der Waals surface area contributed by atoms with Gasteiger partial charge in [0.25, 0.3) is 5.91 Å². The third-order valence-electron chi connectivity index (χ3n) is 4.84. The first-order chi connectivity index (χ1) is 11.3. The molecule has 0 radical (unpaired) electrons. The second-order valence-corrected chi connectivity index (χ2v) is 8.67. The predicted octanol–water partition coefficient (Wildman–Crippen LogP) is -0.145. The van der Waals surface area contributed by atoms with Crippen molar-refractivity contribution in [2.75, 3.05) is 37.7 Å². The van der Waals surface area contributed by atoms with E-state index in [0.29, 0.717) is 43.9 Å². The van der Waals surface area contributed by atoms with E-state index in [1.807, 2.05) is 0 Å². The summed E-state index contributed by atoms with van der Waals surface area (Å²) in [6, 6.07) is -0.189. The summed E-state index contributed by atoms with van der Waals surface area (Å²) in [5.74, 6) is 0.171. The quantitative estimate of drug-likeness (QED) is 0.737. The van der Waals surface area contributed by atoms with Crippen LogP contribution in [0, 0.1) is 6.92 Å². The fourth-order valence-electron chi connectivity index (χ4n) is 3.36. The van der Waals surface area contributed by atoms with Crippen LogP contribution in [0.15, 0.2) is 6.20 Å². The molecule has 0 bridgehead atoms. The standard InChI is InChI=1S/C15H22N4O4S/c1-11-14(9-16-19(11)13-3-8-24(22,23)10-13)15(21)18-6-4-17(5-7-18)12(2)20/h9,13H,3-8,10H2,1-2H3. The van der Waals surface area contributed by atoms with Gasteiger partial charge in [-0.05, 0) is 13.3 Å². The molecule has 9 heteroatoms. The van der Waals surface area contributed by atoms with Gasteiger partial charge in [-0.3, -0.25) is 14.3 Å². The molecule has 8 nitrogen and oxygen atoms in total. The minimum atomic E-state index is -3.00. The van der Waals surface area contributed by atoms with E-state index in [0.717, 1.165) is 0 Å². The highest BCUT2D eigenvalue weighted by Crippen LogP contribution is 2.25. The molecule has 1 aromatic heterocycles. The molecule has 1 atom stereocenters. The molecule has 2 fully saturated rings. The van der Waals surface area contributed by atoms with Crippen molar-refractivity contribution in [2.45, 2.75) is 26.3 Å². The van der Waals surface area contributed by atoms with Crippen molar-refractivity contribution in [1.29, 1.82) is 0 Å². The van der Waals surface area contributed by atoms with Crippen LogP contribution < -0.4 is 0 Å². The molecule has 2 aliphatic rings. The van der Waals surface area contributed by atoms with Crippen molar-refractivity contribution in [3.63, 3.8) is 0 Å². The average Bonchev–Trinajstić information content (AvgIpc) is 3.09. The van der Waals surface area contributed by atoms with E-state index in [9.17, 15) is 18.0 Å². The Kier molecular flexibility index (Phi) is 4.37. The number of rotatable bonds is 2. The summed E-state index contributed by atoms with van der Waals surface area (Å²) in [6.45, 7) is 5.41. The largest absolute Gasteiger partial charge is 0.339 e. The lowest BCUT2D eigenvalue weighted by molar-refractivity contribution is -0.130. The van der Waals surface area contributed by atoms with Crippen LogP contribution in [0.3, 0.4) is 0 Å². The van der Waals surface area contributed by atoms with Gasteiger partial charge in [0.2, 0.25) is 5.91 Å². The summed E-state index contributed by atoms with van der Waals surface area (Å²) in [7, 11) is -3.00. The lowest BCUT2D eigenvalue weighted by Crippen LogP contribution is -2.50. The number of nitrogens with zero attached hydrogens (tertiary/aromatic N) is 4. The average molecular weight is 354 g/mol. The van der Waals surface area contributed by atoms with Gasteiger partial charge in [-0.2, -0.15) is 5.10 Å². The Morgan fingerprint density at radius 2 is 1.79 bits per heavy atom. The highest BCUT2D eigenvalue weighted by molar-refractivity contribution is 7.91. The van der Waals surface area contributed by atoms with Crippen LogP contribution in [0.4, 0.5) is 0 Å². The van der Waals surface area contributed by atoms with E-state index in [1.165, 1.54) is 13.1 Å². The molecule has 1 unspecified atom stereocenters. The Labute approximate surface area is 141 Å². The van der Waals surface area contributed by atoms with Crippen LogP contribution in [0.1, 0.15) is 35.4 Å². The van der Waals surface area contributed by atoms with Crippen LogP contribution in [-0.2, 0) is 14.6 Å².